The Balaban J connectivity index is 1.40. The number of hydrogen-bond acceptors (Lipinski definition) is 10. The molecule has 0 unspecified atom stereocenters. The van der Waals surface area contributed by atoms with Gasteiger partial charge >= 0.3 is 12.3 Å². The number of aromatic nitrogens is 2. The van der Waals surface area contributed by atoms with Gasteiger partial charge in [-0.1, -0.05) is 6.92 Å². The molecule has 5 rings (SSSR count). The van der Waals surface area contributed by atoms with E-state index in [1.165, 1.54) is 18.0 Å². The Labute approximate surface area is 270 Å². The Bertz CT molecular complexity index is 1630. The maximum absolute atomic E-state index is 14.1. The number of thiophene rings is 1. The summed E-state index contributed by atoms with van der Waals surface area (Å²) in [5.41, 5.74) is 0.276. The smallest absolute Gasteiger partial charge is 0.420 e. The minimum atomic E-state index is -4.80. The number of ether oxygens (including phenoxy) is 1. The van der Waals surface area contributed by atoms with Crippen molar-refractivity contribution in [2.45, 2.75) is 50.8 Å². The summed E-state index contributed by atoms with van der Waals surface area (Å²) >= 11 is 0.745. The molecule has 3 aromatic rings. The lowest BCUT2D eigenvalue weighted by Gasteiger charge is -2.37. The largest absolute Gasteiger partial charge is 0.444 e. The molecule has 2 aliphatic rings. The van der Waals surface area contributed by atoms with E-state index < -0.39 is 39.5 Å². The van der Waals surface area contributed by atoms with Crippen molar-refractivity contribution in [1.29, 1.82) is 0 Å². The number of fused-ring (bicyclic) bond motifs is 1. The molecule has 0 radical (unpaired) electrons. The first-order valence-corrected chi connectivity index (χ1v) is 17.2. The monoisotopic (exact) mass is 682 g/mol. The molecule has 1 fully saturated rings. The molecule has 16 heteroatoms. The van der Waals surface area contributed by atoms with Gasteiger partial charge in [0.05, 0.1) is 21.2 Å². The lowest BCUT2D eigenvalue weighted by Crippen LogP contribution is -2.50. The molecule has 2 aromatic heterocycles. The second kappa shape index (κ2) is 12.5. The quantitative estimate of drug-likeness (QED) is 0.267. The Kier molecular flexibility index (Phi) is 9.20. The number of carbonyl (C=O) groups is 2. The van der Waals surface area contributed by atoms with Crippen molar-refractivity contribution in [3.63, 3.8) is 0 Å². The summed E-state index contributed by atoms with van der Waals surface area (Å²) in [6.07, 6.45) is -3.86. The highest BCUT2D eigenvalue weighted by atomic mass is 32.3. The highest BCUT2D eigenvalue weighted by Crippen LogP contribution is 2.55. The van der Waals surface area contributed by atoms with Crippen molar-refractivity contribution in [2.75, 3.05) is 55.7 Å². The number of amides is 2. The average molecular weight is 683 g/mol. The molecular formula is C30H37F3N6O5S2. The fourth-order valence-corrected chi connectivity index (χ4v) is 8.25. The number of alkyl halides is 3. The number of nitrogens with one attached hydrogen (secondary N) is 1. The zero-order chi connectivity index (χ0) is 33.6. The number of halogens is 3. The third-order valence-electron chi connectivity index (χ3n) is 7.64. The topological polar surface area (TPSA) is 131 Å². The van der Waals surface area contributed by atoms with Crippen LogP contribution in [0.15, 0.2) is 35.4 Å². The van der Waals surface area contributed by atoms with Crippen LogP contribution in [0.4, 0.5) is 35.3 Å². The van der Waals surface area contributed by atoms with E-state index in [0.717, 1.165) is 22.6 Å². The molecule has 2 aliphatic heterocycles. The van der Waals surface area contributed by atoms with E-state index in [0.29, 0.717) is 44.5 Å². The highest BCUT2D eigenvalue weighted by Gasteiger charge is 2.38. The Morgan fingerprint density at radius 1 is 1.11 bits per heavy atom. The zero-order valence-corrected chi connectivity index (χ0v) is 27.8. The van der Waals surface area contributed by atoms with Crippen LogP contribution in [0.5, 0.6) is 0 Å². The normalized spacial score (nSPS) is 17.8. The van der Waals surface area contributed by atoms with Gasteiger partial charge in [0.15, 0.2) is 0 Å². The number of benzene rings is 1. The van der Waals surface area contributed by atoms with Crippen LogP contribution in [0, 0.1) is 0 Å². The van der Waals surface area contributed by atoms with E-state index in [9.17, 15) is 31.9 Å². The Hall–Kier alpha value is -3.60. The third kappa shape index (κ3) is 7.19. The second-order valence-corrected chi connectivity index (χ2v) is 15.4. The minimum absolute atomic E-state index is 0.0213. The van der Waals surface area contributed by atoms with Gasteiger partial charge in [-0.25, -0.2) is 14.8 Å². The van der Waals surface area contributed by atoms with Crippen molar-refractivity contribution in [3.8, 4) is 10.6 Å². The van der Waals surface area contributed by atoms with Gasteiger partial charge in [-0.05, 0) is 57.0 Å². The van der Waals surface area contributed by atoms with Gasteiger partial charge in [-0.2, -0.15) is 23.8 Å². The summed E-state index contributed by atoms with van der Waals surface area (Å²) in [6.45, 7) is 9.75. The maximum Gasteiger partial charge on any atom is 0.420 e. The predicted octanol–water partition coefficient (Wildman–Crippen LogP) is 6.78. The van der Waals surface area contributed by atoms with Crippen molar-refractivity contribution in [1.82, 2.24) is 19.8 Å². The lowest BCUT2D eigenvalue weighted by molar-refractivity contribution is -0.137. The number of anilines is 3. The fraction of sp³-hybridized carbons (Fsp3) is 0.467. The van der Waals surface area contributed by atoms with E-state index in [4.69, 9.17) is 4.74 Å². The summed E-state index contributed by atoms with van der Waals surface area (Å²) in [5, 5.41) is 3.05. The van der Waals surface area contributed by atoms with Gasteiger partial charge < -0.3 is 24.8 Å². The first-order valence-electron chi connectivity index (χ1n) is 14.7. The molecule has 2 amide bonds. The molecule has 4 heterocycles. The molecule has 0 spiro atoms. The van der Waals surface area contributed by atoms with Crippen molar-refractivity contribution in [3.05, 3.63) is 46.5 Å². The average Bonchev–Trinajstić information content (AvgIpc) is 3.42. The SMILES string of the molecule is CCc1cc(N2CCN(C(=O)OC(C)(C)C)CC2)ccc1Nc1ncc(C(F)(F)F)c(-c2cc3c(s2)C(=O)N(C)CCS3(O)O)n1. The number of rotatable bonds is 5. The van der Waals surface area contributed by atoms with E-state index >= 15 is 0 Å². The molecule has 0 atom stereocenters. The Morgan fingerprint density at radius 2 is 1.80 bits per heavy atom. The van der Waals surface area contributed by atoms with E-state index in [2.05, 4.69) is 20.2 Å². The van der Waals surface area contributed by atoms with Crippen LogP contribution < -0.4 is 10.2 Å². The number of aryl methyl sites for hydroxylation is 1. The van der Waals surface area contributed by atoms with Gasteiger partial charge in [0.25, 0.3) is 5.91 Å². The highest BCUT2D eigenvalue weighted by molar-refractivity contribution is 8.24. The zero-order valence-electron chi connectivity index (χ0n) is 26.1. The maximum atomic E-state index is 14.1. The van der Waals surface area contributed by atoms with Crippen LogP contribution in [-0.4, -0.2) is 92.0 Å². The number of hydrogen-bond donors (Lipinski definition) is 3. The summed E-state index contributed by atoms with van der Waals surface area (Å²) < 4.78 is 69.2. The summed E-state index contributed by atoms with van der Waals surface area (Å²) in [5.74, 6) is -0.699. The van der Waals surface area contributed by atoms with Gasteiger partial charge in [0.1, 0.15) is 16.0 Å². The van der Waals surface area contributed by atoms with Gasteiger partial charge in [0, 0.05) is 57.3 Å². The minimum Gasteiger partial charge on any atom is -0.444 e. The molecule has 46 heavy (non-hydrogen) atoms. The van der Waals surface area contributed by atoms with E-state index in [1.54, 1.807) is 4.90 Å². The molecule has 0 saturated carbocycles. The van der Waals surface area contributed by atoms with Gasteiger partial charge in [-0.3, -0.25) is 13.9 Å². The first-order chi connectivity index (χ1) is 21.5. The summed E-state index contributed by atoms with van der Waals surface area (Å²) in [6, 6.07) is 6.91. The lowest BCUT2D eigenvalue weighted by atomic mass is 10.1. The van der Waals surface area contributed by atoms with E-state index in [1.807, 2.05) is 45.9 Å². The standard InChI is InChI=1S/C30H37F3N6O5S2/c1-6-18-15-19(38-9-11-39(12-10-38)28(41)44-29(2,3)4)7-8-21(18)35-27-34-17-20(30(31,32)33)24(36-27)22-16-23-25(45-22)26(40)37(5)13-14-46(23,42)43/h7-8,15-17,42-43H,6,9-14H2,1-5H3,(H,34,35,36). The molecule has 0 aliphatic carbocycles. The predicted molar refractivity (Wildman–Crippen MR) is 172 cm³/mol. The molecule has 1 aromatic carbocycles. The van der Waals surface area contributed by atoms with Crippen LogP contribution in [0.25, 0.3) is 10.6 Å². The van der Waals surface area contributed by atoms with Crippen LogP contribution in [0.3, 0.4) is 0 Å². The molecule has 1 saturated heterocycles. The van der Waals surface area contributed by atoms with Crippen molar-refractivity contribution >= 4 is 51.3 Å². The molecule has 250 valence electrons. The van der Waals surface area contributed by atoms with Crippen molar-refractivity contribution in [2.24, 2.45) is 0 Å². The molecule has 11 nitrogen and oxygen atoms in total. The molecule has 3 N–H and O–H groups in total. The van der Waals surface area contributed by atoms with Crippen LogP contribution >= 0.6 is 21.9 Å². The summed E-state index contributed by atoms with van der Waals surface area (Å²) in [7, 11) is -1.90. The van der Waals surface area contributed by atoms with Crippen molar-refractivity contribution < 1.29 is 36.6 Å². The van der Waals surface area contributed by atoms with Gasteiger partial charge in [0.2, 0.25) is 5.95 Å². The van der Waals surface area contributed by atoms with Crippen LogP contribution in [-0.2, 0) is 17.3 Å². The molecular weight excluding hydrogens is 645 g/mol. The number of piperazine rings is 1. The number of carbonyl (C=O) groups excluding carboxylic acids is 2. The summed E-state index contributed by atoms with van der Waals surface area (Å²) in [4.78, 5) is 38.6. The van der Waals surface area contributed by atoms with Crippen LogP contribution in [0.1, 0.15) is 48.5 Å². The fourth-order valence-electron chi connectivity index (χ4n) is 5.15. The second-order valence-electron chi connectivity index (χ2n) is 12.1. The van der Waals surface area contributed by atoms with Crippen LogP contribution in [0.2, 0.25) is 0 Å². The Morgan fingerprint density at radius 3 is 2.43 bits per heavy atom. The number of nitrogens with zero attached hydrogens (tertiary/aromatic N) is 5. The molecule has 0 bridgehead atoms. The first kappa shape index (κ1) is 33.8. The van der Waals surface area contributed by atoms with Gasteiger partial charge in [-0.15, -0.1) is 11.3 Å². The third-order valence-corrected chi connectivity index (χ3v) is 10.7. The van der Waals surface area contributed by atoms with E-state index in [-0.39, 0.29) is 39.0 Å².